The molecule has 0 fully saturated rings. The Hall–Kier alpha value is -2.16. The molecule has 1 amide bonds. The van der Waals surface area contributed by atoms with Crippen LogP contribution in [0.2, 0.25) is 0 Å². The molecule has 6 nitrogen and oxygen atoms in total. The summed E-state index contributed by atoms with van der Waals surface area (Å²) in [6.07, 6.45) is 3.41. The van der Waals surface area contributed by atoms with Gasteiger partial charge in [-0.3, -0.25) is 4.79 Å². The van der Waals surface area contributed by atoms with Crippen LogP contribution < -0.4 is 11.1 Å². The number of carbonyl (C=O) groups excluding carboxylic acids is 1. The van der Waals surface area contributed by atoms with E-state index >= 15 is 0 Å². The van der Waals surface area contributed by atoms with Gasteiger partial charge in [-0.25, -0.2) is 9.97 Å². The highest BCUT2D eigenvalue weighted by Crippen LogP contribution is 2.10. The van der Waals surface area contributed by atoms with Crippen LogP contribution in [0.3, 0.4) is 0 Å². The highest BCUT2D eigenvalue weighted by atomic mass is 16.1. The van der Waals surface area contributed by atoms with E-state index in [1.807, 2.05) is 6.07 Å². The van der Waals surface area contributed by atoms with E-state index in [9.17, 15) is 4.79 Å². The van der Waals surface area contributed by atoms with Crippen molar-refractivity contribution in [1.82, 2.24) is 9.97 Å². The average molecular weight is 233 g/mol. The fourth-order valence-corrected chi connectivity index (χ4v) is 1.32. The van der Waals surface area contributed by atoms with E-state index in [0.29, 0.717) is 30.2 Å². The maximum absolute atomic E-state index is 10.5. The topological polar surface area (TPSA) is 105 Å². The number of hydrogen-bond donors (Lipinski definition) is 2. The van der Waals surface area contributed by atoms with E-state index in [-0.39, 0.29) is 5.91 Å². The summed E-state index contributed by atoms with van der Waals surface area (Å²) in [6.45, 7) is 2.41. The molecule has 0 aliphatic carbocycles. The number of nitrogens with zero attached hydrogens (tertiary/aromatic N) is 3. The van der Waals surface area contributed by atoms with Crippen molar-refractivity contribution in [2.45, 2.75) is 26.2 Å². The van der Waals surface area contributed by atoms with Crippen molar-refractivity contribution in [3.8, 4) is 6.07 Å². The number of aromatic nitrogens is 2. The zero-order chi connectivity index (χ0) is 12.7. The van der Waals surface area contributed by atoms with Crippen LogP contribution >= 0.6 is 0 Å². The first kappa shape index (κ1) is 12.9. The summed E-state index contributed by atoms with van der Waals surface area (Å²) >= 11 is 0. The van der Waals surface area contributed by atoms with Gasteiger partial charge < -0.3 is 11.1 Å². The molecule has 0 aliphatic rings. The SMILES string of the molecule is Cc1ncc(C#N)c(NCCCCC(N)=O)n1. The maximum Gasteiger partial charge on any atom is 0.217 e. The second-order valence-corrected chi connectivity index (χ2v) is 3.64. The summed E-state index contributed by atoms with van der Waals surface area (Å²) < 4.78 is 0. The Morgan fingerprint density at radius 1 is 1.59 bits per heavy atom. The van der Waals surface area contributed by atoms with Gasteiger partial charge in [0.2, 0.25) is 5.91 Å². The summed E-state index contributed by atoms with van der Waals surface area (Å²) in [5, 5.41) is 11.9. The number of aryl methyl sites for hydroxylation is 1. The zero-order valence-corrected chi connectivity index (χ0v) is 9.73. The van der Waals surface area contributed by atoms with Crippen molar-refractivity contribution in [2.24, 2.45) is 5.73 Å². The molecule has 0 atom stereocenters. The molecule has 1 aromatic rings. The molecule has 17 heavy (non-hydrogen) atoms. The third-order valence-electron chi connectivity index (χ3n) is 2.17. The minimum absolute atomic E-state index is 0.291. The van der Waals surface area contributed by atoms with Crippen molar-refractivity contribution < 1.29 is 4.79 Å². The smallest absolute Gasteiger partial charge is 0.217 e. The van der Waals surface area contributed by atoms with Crippen LogP contribution in [0.15, 0.2) is 6.20 Å². The Balaban J connectivity index is 2.43. The summed E-state index contributed by atoms with van der Waals surface area (Å²) in [7, 11) is 0. The predicted octanol–water partition coefficient (Wildman–Crippen LogP) is 0.724. The fourth-order valence-electron chi connectivity index (χ4n) is 1.32. The maximum atomic E-state index is 10.5. The molecule has 0 saturated heterocycles. The Morgan fingerprint density at radius 3 is 3.00 bits per heavy atom. The van der Waals surface area contributed by atoms with Crippen molar-refractivity contribution >= 4 is 11.7 Å². The lowest BCUT2D eigenvalue weighted by atomic mass is 10.2. The molecule has 1 rings (SSSR count). The zero-order valence-electron chi connectivity index (χ0n) is 9.73. The number of nitriles is 1. The Bertz CT molecular complexity index is 438. The molecule has 3 N–H and O–H groups in total. The quantitative estimate of drug-likeness (QED) is 0.704. The number of nitrogens with one attached hydrogen (secondary N) is 1. The van der Waals surface area contributed by atoms with Gasteiger partial charge in [0.15, 0.2) is 0 Å². The first-order valence-corrected chi connectivity index (χ1v) is 5.39. The van der Waals surface area contributed by atoms with Gasteiger partial charge in [0.25, 0.3) is 0 Å². The van der Waals surface area contributed by atoms with Gasteiger partial charge in [-0.15, -0.1) is 0 Å². The number of hydrogen-bond acceptors (Lipinski definition) is 5. The van der Waals surface area contributed by atoms with Gasteiger partial charge in [-0.05, 0) is 19.8 Å². The van der Waals surface area contributed by atoms with Crippen molar-refractivity contribution in [3.05, 3.63) is 17.6 Å². The van der Waals surface area contributed by atoms with Crippen LogP contribution in [0.4, 0.5) is 5.82 Å². The van der Waals surface area contributed by atoms with E-state index in [1.165, 1.54) is 6.20 Å². The molecular weight excluding hydrogens is 218 g/mol. The lowest BCUT2D eigenvalue weighted by Gasteiger charge is -2.06. The van der Waals surface area contributed by atoms with Crippen LogP contribution in [0.25, 0.3) is 0 Å². The number of nitrogens with two attached hydrogens (primary N) is 1. The molecule has 1 heterocycles. The second-order valence-electron chi connectivity index (χ2n) is 3.64. The van der Waals surface area contributed by atoms with E-state index < -0.39 is 0 Å². The molecule has 0 spiro atoms. The van der Waals surface area contributed by atoms with E-state index in [1.54, 1.807) is 6.92 Å². The van der Waals surface area contributed by atoms with Crippen molar-refractivity contribution in [1.29, 1.82) is 5.26 Å². The lowest BCUT2D eigenvalue weighted by Crippen LogP contribution is -2.11. The highest BCUT2D eigenvalue weighted by molar-refractivity contribution is 5.73. The molecule has 1 aromatic heterocycles. The molecular formula is C11H15N5O. The molecule has 0 bridgehead atoms. The normalized spacial score (nSPS) is 9.65. The Labute approximate surface area is 99.9 Å². The molecule has 0 radical (unpaired) electrons. The number of primary amides is 1. The Morgan fingerprint density at radius 2 is 2.35 bits per heavy atom. The summed E-state index contributed by atoms with van der Waals surface area (Å²) in [4.78, 5) is 18.6. The van der Waals surface area contributed by atoms with Gasteiger partial charge in [0.1, 0.15) is 23.3 Å². The van der Waals surface area contributed by atoms with Gasteiger partial charge in [-0.1, -0.05) is 0 Å². The number of rotatable bonds is 6. The minimum atomic E-state index is -0.291. The number of carbonyl (C=O) groups is 1. The van der Waals surface area contributed by atoms with Gasteiger partial charge in [0, 0.05) is 13.0 Å². The summed E-state index contributed by atoms with van der Waals surface area (Å²) in [5.41, 5.74) is 5.45. The monoisotopic (exact) mass is 233 g/mol. The summed E-state index contributed by atoms with van der Waals surface area (Å²) in [6, 6.07) is 2.02. The largest absolute Gasteiger partial charge is 0.370 e. The predicted molar refractivity (Wildman–Crippen MR) is 63.0 cm³/mol. The molecule has 90 valence electrons. The number of amides is 1. The molecule has 0 aliphatic heterocycles. The van der Waals surface area contributed by atoms with Gasteiger partial charge >= 0.3 is 0 Å². The molecule has 6 heteroatoms. The van der Waals surface area contributed by atoms with Gasteiger partial charge in [-0.2, -0.15) is 5.26 Å². The molecule has 0 unspecified atom stereocenters. The van der Waals surface area contributed by atoms with Crippen LogP contribution in [-0.2, 0) is 4.79 Å². The lowest BCUT2D eigenvalue weighted by molar-refractivity contribution is -0.118. The van der Waals surface area contributed by atoms with E-state index in [0.717, 1.165) is 12.8 Å². The van der Waals surface area contributed by atoms with E-state index in [4.69, 9.17) is 11.0 Å². The van der Waals surface area contributed by atoms with Crippen LogP contribution in [-0.4, -0.2) is 22.4 Å². The van der Waals surface area contributed by atoms with E-state index in [2.05, 4.69) is 15.3 Å². The first-order valence-electron chi connectivity index (χ1n) is 5.39. The second kappa shape index (κ2) is 6.43. The molecule has 0 saturated carbocycles. The van der Waals surface area contributed by atoms with Crippen LogP contribution in [0.1, 0.15) is 30.7 Å². The fraction of sp³-hybridized carbons (Fsp3) is 0.455. The third kappa shape index (κ3) is 4.47. The number of unbranched alkanes of at least 4 members (excludes halogenated alkanes) is 1. The first-order chi connectivity index (χ1) is 8.13. The number of anilines is 1. The third-order valence-corrected chi connectivity index (χ3v) is 2.17. The summed E-state index contributed by atoms with van der Waals surface area (Å²) in [5.74, 6) is 0.864. The van der Waals surface area contributed by atoms with Crippen molar-refractivity contribution in [3.63, 3.8) is 0 Å². The van der Waals surface area contributed by atoms with Crippen LogP contribution in [0, 0.1) is 18.3 Å². The Kier molecular flexibility index (Phi) is 4.88. The molecule has 0 aromatic carbocycles. The van der Waals surface area contributed by atoms with Crippen LogP contribution in [0.5, 0.6) is 0 Å². The highest BCUT2D eigenvalue weighted by Gasteiger charge is 2.04. The van der Waals surface area contributed by atoms with Gasteiger partial charge in [0.05, 0.1) is 6.20 Å². The van der Waals surface area contributed by atoms with Crippen molar-refractivity contribution in [2.75, 3.05) is 11.9 Å². The average Bonchev–Trinajstić information content (AvgIpc) is 2.28. The minimum Gasteiger partial charge on any atom is -0.370 e. The standard InChI is InChI=1S/C11H15N5O/c1-8-15-7-9(6-12)11(16-8)14-5-3-2-4-10(13)17/h7H,2-5H2,1H3,(H2,13,17)(H,14,15,16).